The third-order valence-corrected chi connectivity index (χ3v) is 5.31. The van der Waals surface area contributed by atoms with Gasteiger partial charge in [-0.1, -0.05) is 30.3 Å². The zero-order chi connectivity index (χ0) is 15.4. The van der Waals surface area contributed by atoms with E-state index >= 15 is 0 Å². The molecule has 0 radical (unpaired) electrons. The van der Waals surface area contributed by atoms with Gasteiger partial charge in [-0.15, -0.1) is 11.3 Å². The fourth-order valence-electron chi connectivity index (χ4n) is 2.93. The molecule has 1 aromatic heterocycles. The van der Waals surface area contributed by atoms with Crippen LogP contribution in [0.1, 0.15) is 38.5 Å². The molecule has 3 nitrogen and oxygen atoms in total. The van der Waals surface area contributed by atoms with Gasteiger partial charge in [-0.2, -0.15) is 0 Å². The van der Waals surface area contributed by atoms with E-state index in [2.05, 4.69) is 6.07 Å². The molecule has 0 atom stereocenters. The Morgan fingerprint density at radius 2 is 1.95 bits per heavy atom. The zero-order valence-corrected chi connectivity index (χ0v) is 13.4. The van der Waals surface area contributed by atoms with Gasteiger partial charge in [0, 0.05) is 18.0 Å². The number of amides is 1. The highest BCUT2D eigenvalue weighted by atomic mass is 32.1. The minimum absolute atomic E-state index is 0.0103. The van der Waals surface area contributed by atoms with Gasteiger partial charge >= 0.3 is 0 Å². The molecule has 1 heterocycles. The molecule has 4 heteroatoms. The number of fused-ring (bicyclic) bond motifs is 1. The molecule has 1 aromatic carbocycles. The maximum atomic E-state index is 12.8. The molecule has 0 aliphatic heterocycles. The maximum absolute atomic E-state index is 12.8. The Kier molecular flexibility index (Phi) is 4.90. The molecular weight excluding hydrogens is 294 g/mol. The zero-order valence-electron chi connectivity index (χ0n) is 12.6. The van der Waals surface area contributed by atoms with Crippen LogP contribution in [0.25, 0.3) is 0 Å². The van der Waals surface area contributed by atoms with E-state index in [1.165, 1.54) is 23.3 Å². The van der Waals surface area contributed by atoms with E-state index in [0.717, 1.165) is 23.3 Å². The smallest absolute Gasteiger partial charge is 0.264 e. The predicted octanol–water partition coefficient (Wildman–Crippen LogP) is 3.26. The van der Waals surface area contributed by atoms with Crippen LogP contribution in [0.4, 0.5) is 0 Å². The Morgan fingerprint density at radius 3 is 2.68 bits per heavy atom. The Labute approximate surface area is 135 Å². The van der Waals surface area contributed by atoms with Crippen LogP contribution in [0.3, 0.4) is 0 Å². The van der Waals surface area contributed by atoms with Crippen molar-refractivity contribution in [2.24, 2.45) is 0 Å². The Morgan fingerprint density at radius 1 is 1.18 bits per heavy atom. The minimum Gasteiger partial charge on any atom is -0.395 e. The van der Waals surface area contributed by atoms with Crippen molar-refractivity contribution in [3.05, 3.63) is 57.3 Å². The summed E-state index contributed by atoms with van der Waals surface area (Å²) in [4.78, 5) is 16.7. The third-order valence-electron chi connectivity index (χ3n) is 4.08. The molecular formula is C18H21NO2S. The van der Waals surface area contributed by atoms with Crippen molar-refractivity contribution in [1.29, 1.82) is 0 Å². The van der Waals surface area contributed by atoms with Crippen LogP contribution in [0, 0.1) is 0 Å². The van der Waals surface area contributed by atoms with Gasteiger partial charge in [0.25, 0.3) is 5.91 Å². The molecule has 3 rings (SSSR count). The molecule has 1 amide bonds. The highest BCUT2D eigenvalue weighted by Crippen LogP contribution is 2.30. The molecule has 116 valence electrons. The van der Waals surface area contributed by atoms with Crippen molar-refractivity contribution < 1.29 is 9.90 Å². The molecule has 0 spiro atoms. The number of hydrogen-bond donors (Lipinski definition) is 1. The van der Waals surface area contributed by atoms with Crippen LogP contribution >= 0.6 is 11.3 Å². The molecule has 0 unspecified atom stereocenters. The van der Waals surface area contributed by atoms with E-state index in [0.29, 0.717) is 13.1 Å². The van der Waals surface area contributed by atoms with Gasteiger partial charge in [0.15, 0.2) is 0 Å². The summed E-state index contributed by atoms with van der Waals surface area (Å²) in [6.07, 6.45) is 4.65. The van der Waals surface area contributed by atoms with E-state index in [9.17, 15) is 9.90 Å². The fourth-order valence-corrected chi connectivity index (χ4v) is 4.15. The van der Waals surface area contributed by atoms with Crippen LogP contribution < -0.4 is 0 Å². The van der Waals surface area contributed by atoms with Gasteiger partial charge in [-0.25, -0.2) is 0 Å². The summed E-state index contributed by atoms with van der Waals surface area (Å²) in [7, 11) is 0. The van der Waals surface area contributed by atoms with Gasteiger partial charge in [0.1, 0.15) is 0 Å². The second-order valence-corrected chi connectivity index (χ2v) is 6.84. The van der Waals surface area contributed by atoms with Crippen molar-refractivity contribution >= 4 is 17.2 Å². The lowest BCUT2D eigenvalue weighted by Gasteiger charge is -2.21. The molecule has 0 saturated carbocycles. The summed E-state index contributed by atoms with van der Waals surface area (Å²) in [5.41, 5.74) is 2.44. The summed E-state index contributed by atoms with van der Waals surface area (Å²) in [5.74, 6) is 0.0392. The number of carbonyl (C=O) groups is 1. The number of thiophene rings is 1. The summed E-state index contributed by atoms with van der Waals surface area (Å²) in [6, 6.07) is 12.0. The number of rotatable bonds is 5. The van der Waals surface area contributed by atoms with E-state index in [1.807, 2.05) is 30.3 Å². The number of nitrogens with zero attached hydrogens (tertiary/aromatic N) is 1. The highest BCUT2D eigenvalue weighted by molar-refractivity contribution is 7.14. The number of hydrogen-bond acceptors (Lipinski definition) is 3. The molecule has 0 saturated heterocycles. The van der Waals surface area contributed by atoms with Gasteiger partial charge in [-0.05, 0) is 42.9 Å². The van der Waals surface area contributed by atoms with Crippen molar-refractivity contribution in [3.8, 4) is 0 Å². The lowest BCUT2D eigenvalue weighted by molar-refractivity contribution is 0.0712. The molecule has 1 aliphatic carbocycles. The van der Waals surface area contributed by atoms with Crippen molar-refractivity contribution in [1.82, 2.24) is 4.90 Å². The Bertz CT molecular complexity index is 612. The first-order chi connectivity index (χ1) is 10.8. The molecule has 0 fully saturated rings. The summed E-state index contributed by atoms with van der Waals surface area (Å²) in [5, 5.41) is 9.28. The van der Waals surface area contributed by atoms with E-state index in [-0.39, 0.29) is 12.5 Å². The minimum atomic E-state index is -0.0103. The standard InChI is InChI=1S/C18H21NO2S/c20-11-10-19(13-14-6-2-1-3-7-14)18(21)17-12-15-8-4-5-9-16(15)22-17/h1-3,6-7,12,20H,4-5,8-11,13H2. The molecule has 22 heavy (non-hydrogen) atoms. The van der Waals surface area contributed by atoms with Gasteiger partial charge in [0.2, 0.25) is 0 Å². The van der Waals surface area contributed by atoms with Crippen LogP contribution in [0.5, 0.6) is 0 Å². The quantitative estimate of drug-likeness (QED) is 0.920. The molecule has 2 aromatic rings. The topological polar surface area (TPSA) is 40.5 Å². The maximum Gasteiger partial charge on any atom is 0.264 e. The molecule has 0 bridgehead atoms. The lowest BCUT2D eigenvalue weighted by Crippen LogP contribution is -2.32. The highest BCUT2D eigenvalue weighted by Gasteiger charge is 2.21. The van der Waals surface area contributed by atoms with Gasteiger partial charge < -0.3 is 10.0 Å². The average molecular weight is 315 g/mol. The van der Waals surface area contributed by atoms with E-state index in [1.54, 1.807) is 16.2 Å². The second-order valence-electron chi connectivity index (χ2n) is 5.70. The van der Waals surface area contributed by atoms with Crippen molar-refractivity contribution in [2.75, 3.05) is 13.2 Å². The lowest BCUT2D eigenvalue weighted by atomic mass is 9.99. The monoisotopic (exact) mass is 315 g/mol. The van der Waals surface area contributed by atoms with Crippen LogP contribution in [0.15, 0.2) is 36.4 Å². The van der Waals surface area contributed by atoms with Crippen molar-refractivity contribution in [3.63, 3.8) is 0 Å². The van der Waals surface area contributed by atoms with E-state index in [4.69, 9.17) is 0 Å². The summed E-state index contributed by atoms with van der Waals surface area (Å²) in [6.45, 7) is 0.906. The Balaban J connectivity index is 1.78. The first-order valence-electron chi connectivity index (χ1n) is 7.83. The molecule has 1 aliphatic rings. The van der Waals surface area contributed by atoms with Gasteiger partial charge in [-0.3, -0.25) is 4.79 Å². The van der Waals surface area contributed by atoms with E-state index < -0.39 is 0 Å². The number of benzene rings is 1. The Hall–Kier alpha value is -1.65. The first kappa shape index (κ1) is 15.3. The van der Waals surface area contributed by atoms with Crippen LogP contribution in [-0.2, 0) is 19.4 Å². The number of aryl methyl sites for hydroxylation is 2. The predicted molar refractivity (Wildman–Crippen MR) is 89.2 cm³/mol. The number of carbonyl (C=O) groups excluding carboxylic acids is 1. The third kappa shape index (κ3) is 3.39. The second kappa shape index (κ2) is 7.07. The van der Waals surface area contributed by atoms with Crippen LogP contribution in [-0.4, -0.2) is 29.1 Å². The largest absolute Gasteiger partial charge is 0.395 e. The first-order valence-corrected chi connectivity index (χ1v) is 8.65. The normalized spacial score (nSPS) is 13.7. The number of aliphatic hydroxyl groups is 1. The SMILES string of the molecule is O=C(c1cc2c(s1)CCCC2)N(CCO)Cc1ccccc1. The average Bonchev–Trinajstić information content (AvgIpc) is 2.99. The summed E-state index contributed by atoms with van der Waals surface area (Å²) < 4.78 is 0. The summed E-state index contributed by atoms with van der Waals surface area (Å²) >= 11 is 1.64. The van der Waals surface area contributed by atoms with Crippen molar-refractivity contribution in [2.45, 2.75) is 32.2 Å². The van der Waals surface area contributed by atoms with Gasteiger partial charge in [0.05, 0.1) is 11.5 Å². The number of aliphatic hydroxyl groups excluding tert-OH is 1. The fraction of sp³-hybridized carbons (Fsp3) is 0.389. The van der Waals surface area contributed by atoms with Crippen LogP contribution in [0.2, 0.25) is 0 Å². The molecule has 1 N–H and O–H groups in total.